The molecule has 0 unspecified atom stereocenters. The number of anilines is 1. The van der Waals surface area contributed by atoms with E-state index in [9.17, 15) is 9.59 Å². The first-order valence-corrected chi connectivity index (χ1v) is 7.64. The Morgan fingerprint density at radius 3 is 2.76 bits per heavy atom. The molecule has 2 rings (SSSR count). The molecule has 0 aromatic heterocycles. The zero-order valence-corrected chi connectivity index (χ0v) is 13.9. The van der Waals surface area contributed by atoms with Crippen LogP contribution in [-0.4, -0.2) is 24.6 Å². The number of benzene rings is 2. The Morgan fingerprint density at radius 1 is 1.20 bits per heavy atom. The number of carbonyl (C=O) groups is 2. The predicted octanol–water partition coefficient (Wildman–Crippen LogP) is 2.97. The lowest BCUT2D eigenvalue weighted by atomic mass is 10.2. The maximum absolute atomic E-state index is 12.1. The summed E-state index contributed by atoms with van der Waals surface area (Å²) in [7, 11) is 0. The van der Waals surface area contributed by atoms with Gasteiger partial charge in [-0.1, -0.05) is 30.9 Å². The molecular weight excluding hydrogens is 318 g/mol. The number of hydrazone groups is 1. The fraction of sp³-hybridized carbons (Fsp3) is 0.105. The van der Waals surface area contributed by atoms with Gasteiger partial charge in [0.15, 0.2) is 0 Å². The summed E-state index contributed by atoms with van der Waals surface area (Å²) in [5.41, 5.74) is 4.12. The number of hydrogen-bond acceptors (Lipinski definition) is 4. The van der Waals surface area contributed by atoms with Gasteiger partial charge in [-0.25, -0.2) is 5.43 Å². The first kappa shape index (κ1) is 17.9. The van der Waals surface area contributed by atoms with Crippen LogP contribution in [0.1, 0.15) is 22.8 Å². The number of rotatable bonds is 7. The highest BCUT2D eigenvalue weighted by Gasteiger charge is 2.06. The van der Waals surface area contributed by atoms with Gasteiger partial charge in [0.1, 0.15) is 12.4 Å². The number of carbonyl (C=O) groups excluding carboxylic acids is 2. The fourth-order valence-electron chi connectivity index (χ4n) is 2.03. The monoisotopic (exact) mass is 337 g/mol. The van der Waals surface area contributed by atoms with Gasteiger partial charge in [-0.05, 0) is 30.3 Å². The van der Waals surface area contributed by atoms with E-state index in [1.807, 2.05) is 24.3 Å². The van der Waals surface area contributed by atoms with E-state index in [0.717, 1.165) is 5.56 Å². The summed E-state index contributed by atoms with van der Waals surface area (Å²) in [6.45, 7) is 5.40. The van der Waals surface area contributed by atoms with E-state index >= 15 is 0 Å². The molecule has 0 fully saturated rings. The molecule has 0 aliphatic rings. The number of amides is 2. The molecule has 0 aliphatic heterocycles. The Labute approximate surface area is 146 Å². The third-order valence-corrected chi connectivity index (χ3v) is 3.09. The topological polar surface area (TPSA) is 79.8 Å². The van der Waals surface area contributed by atoms with Crippen molar-refractivity contribution in [2.75, 3.05) is 11.9 Å². The van der Waals surface area contributed by atoms with Gasteiger partial charge < -0.3 is 10.1 Å². The van der Waals surface area contributed by atoms with E-state index in [4.69, 9.17) is 4.74 Å². The van der Waals surface area contributed by atoms with Crippen LogP contribution < -0.4 is 15.5 Å². The Morgan fingerprint density at radius 2 is 2.00 bits per heavy atom. The van der Waals surface area contributed by atoms with Gasteiger partial charge in [0.05, 0.1) is 6.21 Å². The molecule has 0 saturated carbocycles. The minimum absolute atomic E-state index is 0.202. The third kappa shape index (κ3) is 5.62. The molecule has 2 aromatic rings. The fourth-order valence-corrected chi connectivity index (χ4v) is 2.03. The molecule has 25 heavy (non-hydrogen) atoms. The molecule has 2 amide bonds. The van der Waals surface area contributed by atoms with Crippen LogP contribution in [0.15, 0.2) is 66.3 Å². The van der Waals surface area contributed by atoms with Crippen LogP contribution in [0, 0.1) is 0 Å². The average molecular weight is 337 g/mol. The van der Waals surface area contributed by atoms with Gasteiger partial charge in [0, 0.05) is 23.7 Å². The Kier molecular flexibility index (Phi) is 6.47. The molecule has 6 nitrogen and oxygen atoms in total. The van der Waals surface area contributed by atoms with Crippen LogP contribution in [0.2, 0.25) is 0 Å². The van der Waals surface area contributed by atoms with E-state index in [0.29, 0.717) is 23.6 Å². The van der Waals surface area contributed by atoms with Crippen molar-refractivity contribution >= 4 is 23.7 Å². The van der Waals surface area contributed by atoms with E-state index in [2.05, 4.69) is 22.4 Å². The Hall–Kier alpha value is -3.41. The molecule has 0 radical (unpaired) electrons. The first-order valence-electron chi connectivity index (χ1n) is 7.64. The molecule has 6 heteroatoms. The minimum Gasteiger partial charge on any atom is -0.489 e. The van der Waals surface area contributed by atoms with Crippen molar-refractivity contribution in [3.63, 3.8) is 0 Å². The van der Waals surface area contributed by atoms with Gasteiger partial charge in [0.25, 0.3) is 5.91 Å². The summed E-state index contributed by atoms with van der Waals surface area (Å²) in [6.07, 6.45) is 3.16. The van der Waals surface area contributed by atoms with Gasteiger partial charge in [-0.2, -0.15) is 5.10 Å². The second-order valence-electron chi connectivity index (χ2n) is 5.10. The Bertz CT molecular complexity index is 800. The highest BCUT2D eigenvalue weighted by Crippen LogP contribution is 2.15. The van der Waals surface area contributed by atoms with Crippen molar-refractivity contribution in [3.05, 3.63) is 72.3 Å². The average Bonchev–Trinajstić information content (AvgIpc) is 2.60. The lowest BCUT2D eigenvalue weighted by Gasteiger charge is -2.06. The summed E-state index contributed by atoms with van der Waals surface area (Å²) in [5, 5.41) is 6.59. The van der Waals surface area contributed by atoms with Gasteiger partial charge >= 0.3 is 0 Å². The van der Waals surface area contributed by atoms with Crippen molar-refractivity contribution in [1.82, 2.24) is 5.43 Å². The van der Waals surface area contributed by atoms with Gasteiger partial charge in [-0.3, -0.25) is 9.59 Å². The molecule has 0 aliphatic carbocycles. The quantitative estimate of drug-likeness (QED) is 0.463. The van der Waals surface area contributed by atoms with Crippen molar-refractivity contribution < 1.29 is 14.3 Å². The largest absolute Gasteiger partial charge is 0.489 e. The zero-order chi connectivity index (χ0) is 18.1. The summed E-state index contributed by atoms with van der Waals surface area (Å²) in [6, 6.07) is 13.9. The summed E-state index contributed by atoms with van der Waals surface area (Å²) >= 11 is 0. The summed E-state index contributed by atoms with van der Waals surface area (Å²) in [5.74, 6) is 0.0627. The Balaban J connectivity index is 2.03. The molecule has 0 bridgehead atoms. The maximum atomic E-state index is 12.1. The maximum Gasteiger partial charge on any atom is 0.271 e. The molecule has 128 valence electrons. The smallest absolute Gasteiger partial charge is 0.271 e. The summed E-state index contributed by atoms with van der Waals surface area (Å²) < 4.78 is 5.52. The van der Waals surface area contributed by atoms with Crippen LogP contribution in [0.3, 0.4) is 0 Å². The number of nitrogens with one attached hydrogen (secondary N) is 2. The second-order valence-corrected chi connectivity index (χ2v) is 5.10. The number of hydrogen-bond donors (Lipinski definition) is 2. The minimum atomic E-state index is -0.382. The van der Waals surface area contributed by atoms with Gasteiger partial charge in [0.2, 0.25) is 5.91 Å². The number of para-hydroxylation sites is 1. The SMILES string of the molecule is C=CCOc1ccccc1C=NNC(=O)c1cccc(NC(C)=O)c1. The van der Waals surface area contributed by atoms with Crippen LogP contribution >= 0.6 is 0 Å². The highest BCUT2D eigenvalue weighted by atomic mass is 16.5. The van der Waals surface area contributed by atoms with E-state index in [-0.39, 0.29) is 11.8 Å². The van der Waals surface area contributed by atoms with Crippen molar-refractivity contribution in [2.24, 2.45) is 5.10 Å². The van der Waals surface area contributed by atoms with Gasteiger partial charge in [-0.15, -0.1) is 0 Å². The molecule has 2 aromatic carbocycles. The first-order chi connectivity index (χ1) is 12.1. The lowest BCUT2D eigenvalue weighted by Crippen LogP contribution is -2.18. The van der Waals surface area contributed by atoms with Crippen LogP contribution in [0.5, 0.6) is 5.75 Å². The molecule has 0 spiro atoms. The third-order valence-electron chi connectivity index (χ3n) is 3.09. The predicted molar refractivity (Wildman–Crippen MR) is 97.9 cm³/mol. The lowest BCUT2D eigenvalue weighted by molar-refractivity contribution is -0.114. The van der Waals surface area contributed by atoms with Crippen LogP contribution in [-0.2, 0) is 4.79 Å². The van der Waals surface area contributed by atoms with E-state index in [1.165, 1.54) is 13.1 Å². The summed E-state index contributed by atoms with van der Waals surface area (Å²) in [4.78, 5) is 23.2. The molecule has 2 N–H and O–H groups in total. The van der Waals surface area contributed by atoms with E-state index in [1.54, 1.807) is 30.3 Å². The molecule has 0 heterocycles. The molecule has 0 saturated heterocycles. The van der Waals surface area contributed by atoms with Crippen molar-refractivity contribution in [2.45, 2.75) is 6.92 Å². The standard InChI is InChI=1S/C19H19N3O3/c1-3-11-25-18-10-5-4-7-16(18)13-20-22-19(24)15-8-6-9-17(12-15)21-14(2)23/h3-10,12-13H,1,11H2,2H3,(H,21,23)(H,22,24). The van der Waals surface area contributed by atoms with Crippen molar-refractivity contribution in [1.29, 1.82) is 0 Å². The number of ether oxygens (including phenoxy) is 1. The van der Waals surface area contributed by atoms with Crippen LogP contribution in [0.25, 0.3) is 0 Å². The number of nitrogens with zero attached hydrogens (tertiary/aromatic N) is 1. The normalized spacial score (nSPS) is 10.3. The second kappa shape index (κ2) is 9.02. The zero-order valence-electron chi connectivity index (χ0n) is 13.9. The molecular formula is C19H19N3O3. The van der Waals surface area contributed by atoms with Crippen LogP contribution in [0.4, 0.5) is 5.69 Å². The highest BCUT2D eigenvalue weighted by molar-refractivity contribution is 5.97. The van der Waals surface area contributed by atoms with Crippen molar-refractivity contribution in [3.8, 4) is 5.75 Å². The molecule has 0 atom stereocenters. The van der Waals surface area contributed by atoms with E-state index < -0.39 is 0 Å².